The lowest BCUT2D eigenvalue weighted by Gasteiger charge is -2.15. The second kappa shape index (κ2) is 5.58. The average molecular weight is 214 g/mol. The monoisotopic (exact) mass is 214 g/mol. The lowest BCUT2D eigenvalue weighted by Crippen LogP contribution is -2.47. The number of hydrogen-bond acceptors (Lipinski definition) is 3. The van der Waals surface area contributed by atoms with Crippen LogP contribution in [-0.2, 0) is 9.53 Å². The minimum atomic E-state index is -0.601. The fraction of sp³-hybridized carbons (Fsp3) is 0.800. The molecule has 86 valence electrons. The third kappa shape index (κ3) is 3.77. The Labute approximate surface area is 89.6 Å². The van der Waals surface area contributed by atoms with E-state index in [-0.39, 0.29) is 12.1 Å². The molecule has 1 rings (SSSR count). The molecule has 0 aromatic heterocycles. The fourth-order valence-corrected chi connectivity index (χ4v) is 1.73. The van der Waals surface area contributed by atoms with E-state index in [1.165, 1.54) is 7.11 Å². The van der Waals surface area contributed by atoms with Gasteiger partial charge in [-0.2, -0.15) is 0 Å². The van der Waals surface area contributed by atoms with Crippen molar-refractivity contribution in [2.45, 2.75) is 44.7 Å². The number of hydrogen-bond donors (Lipinski definition) is 2. The standard InChI is InChI=1S/C10H18N2O3/c1-7(9(13)15-2)11-10(14)12-8-5-3-4-6-8/h7-8H,3-6H2,1-2H3,(H2,11,12,14)/t7-/m0/s1. The highest BCUT2D eigenvalue weighted by molar-refractivity contribution is 5.83. The molecule has 0 bridgehead atoms. The molecule has 0 aliphatic heterocycles. The van der Waals surface area contributed by atoms with Crippen LogP contribution in [0.3, 0.4) is 0 Å². The first-order chi connectivity index (χ1) is 7.13. The second-order valence-electron chi connectivity index (χ2n) is 3.84. The number of carbonyl (C=O) groups is 2. The van der Waals surface area contributed by atoms with Crippen LogP contribution in [0.4, 0.5) is 4.79 Å². The van der Waals surface area contributed by atoms with Gasteiger partial charge in [0.15, 0.2) is 0 Å². The van der Waals surface area contributed by atoms with E-state index in [0.717, 1.165) is 25.7 Å². The number of urea groups is 1. The fourth-order valence-electron chi connectivity index (χ4n) is 1.73. The number of carbonyl (C=O) groups excluding carboxylic acids is 2. The second-order valence-corrected chi connectivity index (χ2v) is 3.84. The summed E-state index contributed by atoms with van der Waals surface area (Å²) in [7, 11) is 1.30. The largest absolute Gasteiger partial charge is 0.467 e. The maximum atomic E-state index is 11.4. The Hall–Kier alpha value is -1.26. The van der Waals surface area contributed by atoms with Crippen molar-refractivity contribution in [3.8, 4) is 0 Å². The van der Waals surface area contributed by atoms with Crippen LogP contribution in [0.15, 0.2) is 0 Å². The van der Waals surface area contributed by atoms with Gasteiger partial charge in [0.25, 0.3) is 0 Å². The Bertz CT molecular complexity index is 237. The first-order valence-electron chi connectivity index (χ1n) is 5.28. The van der Waals surface area contributed by atoms with E-state index in [1.54, 1.807) is 6.92 Å². The normalized spacial score (nSPS) is 18.3. The summed E-state index contributed by atoms with van der Waals surface area (Å²) in [6.07, 6.45) is 4.38. The van der Waals surface area contributed by atoms with E-state index in [0.29, 0.717) is 0 Å². The average Bonchev–Trinajstić information content (AvgIpc) is 2.68. The van der Waals surface area contributed by atoms with Gasteiger partial charge in [0.1, 0.15) is 6.04 Å². The van der Waals surface area contributed by atoms with E-state index >= 15 is 0 Å². The smallest absolute Gasteiger partial charge is 0.328 e. The summed E-state index contributed by atoms with van der Waals surface area (Å²) in [6.45, 7) is 1.60. The van der Waals surface area contributed by atoms with Gasteiger partial charge < -0.3 is 15.4 Å². The zero-order chi connectivity index (χ0) is 11.3. The van der Waals surface area contributed by atoms with Crippen molar-refractivity contribution >= 4 is 12.0 Å². The maximum Gasteiger partial charge on any atom is 0.328 e. The van der Waals surface area contributed by atoms with Crippen molar-refractivity contribution in [3.63, 3.8) is 0 Å². The SMILES string of the molecule is COC(=O)[C@H](C)NC(=O)NC1CCCC1. The molecule has 5 nitrogen and oxygen atoms in total. The van der Waals surface area contributed by atoms with Gasteiger partial charge in [-0.25, -0.2) is 9.59 Å². The lowest BCUT2D eigenvalue weighted by atomic mass is 10.2. The molecular formula is C10H18N2O3. The molecule has 0 aromatic carbocycles. The van der Waals surface area contributed by atoms with Crippen LogP contribution >= 0.6 is 0 Å². The Morgan fingerprint density at radius 3 is 2.47 bits per heavy atom. The Morgan fingerprint density at radius 1 is 1.33 bits per heavy atom. The topological polar surface area (TPSA) is 67.4 Å². The highest BCUT2D eigenvalue weighted by atomic mass is 16.5. The van der Waals surface area contributed by atoms with Crippen LogP contribution in [0.25, 0.3) is 0 Å². The summed E-state index contributed by atoms with van der Waals surface area (Å²) in [5.41, 5.74) is 0. The summed E-state index contributed by atoms with van der Waals surface area (Å²) in [5, 5.41) is 5.36. The molecule has 15 heavy (non-hydrogen) atoms. The molecule has 2 N–H and O–H groups in total. The Balaban J connectivity index is 2.25. The Kier molecular flexibility index (Phi) is 4.39. The van der Waals surface area contributed by atoms with E-state index in [2.05, 4.69) is 15.4 Å². The summed E-state index contributed by atoms with van der Waals surface area (Å²) < 4.78 is 4.50. The molecule has 1 saturated carbocycles. The summed E-state index contributed by atoms with van der Waals surface area (Å²) in [5.74, 6) is -0.434. The highest BCUT2D eigenvalue weighted by Gasteiger charge is 2.20. The third-order valence-electron chi connectivity index (χ3n) is 2.59. The van der Waals surface area contributed by atoms with Crippen LogP contribution in [0.1, 0.15) is 32.6 Å². The lowest BCUT2D eigenvalue weighted by molar-refractivity contribution is -0.142. The number of rotatable bonds is 3. The molecule has 0 radical (unpaired) electrons. The predicted molar refractivity (Wildman–Crippen MR) is 55.4 cm³/mol. The molecular weight excluding hydrogens is 196 g/mol. The van der Waals surface area contributed by atoms with Crippen molar-refractivity contribution in [1.29, 1.82) is 0 Å². The molecule has 0 heterocycles. The first-order valence-corrected chi connectivity index (χ1v) is 5.28. The van der Waals surface area contributed by atoms with Crippen LogP contribution in [0.2, 0.25) is 0 Å². The van der Waals surface area contributed by atoms with Crippen molar-refractivity contribution < 1.29 is 14.3 Å². The van der Waals surface area contributed by atoms with Gasteiger partial charge in [-0.1, -0.05) is 12.8 Å². The van der Waals surface area contributed by atoms with Gasteiger partial charge in [0, 0.05) is 6.04 Å². The van der Waals surface area contributed by atoms with Crippen molar-refractivity contribution in [3.05, 3.63) is 0 Å². The van der Waals surface area contributed by atoms with Gasteiger partial charge >= 0.3 is 12.0 Å². The van der Waals surface area contributed by atoms with Crippen LogP contribution < -0.4 is 10.6 Å². The van der Waals surface area contributed by atoms with E-state index in [4.69, 9.17) is 0 Å². The van der Waals surface area contributed by atoms with Crippen molar-refractivity contribution in [2.75, 3.05) is 7.11 Å². The molecule has 0 saturated heterocycles. The molecule has 1 atom stereocenters. The summed E-state index contributed by atoms with van der Waals surface area (Å²) in [4.78, 5) is 22.4. The minimum absolute atomic E-state index is 0.259. The van der Waals surface area contributed by atoms with E-state index in [9.17, 15) is 9.59 Å². The summed E-state index contributed by atoms with van der Waals surface area (Å²) >= 11 is 0. The molecule has 2 amide bonds. The zero-order valence-corrected chi connectivity index (χ0v) is 9.21. The maximum absolute atomic E-state index is 11.4. The first kappa shape index (κ1) is 11.8. The van der Waals surface area contributed by atoms with Crippen molar-refractivity contribution in [1.82, 2.24) is 10.6 Å². The summed E-state index contributed by atoms with van der Waals surface area (Å²) in [6, 6.07) is -0.633. The van der Waals surface area contributed by atoms with E-state index < -0.39 is 12.0 Å². The number of esters is 1. The molecule has 0 unspecified atom stereocenters. The van der Waals surface area contributed by atoms with Gasteiger partial charge in [0.05, 0.1) is 7.11 Å². The van der Waals surface area contributed by atoms with E-state index in [1.807, 2.05) is 0 Å². The number of amides is 2. The third-order valence-corrected chi connectivity index (χ3v) is 2.59. The molecule has 0 aromatic rings. The highest BCUT2D eigenvalue weighted by Crippen LogP contribution is 2.17. The predicted octanol–water partition coefficient (Wildman–Crippen LogP) is 0.790. The molecule has 5 heteroatoms. The van der Waals surface area contributed by atoms with Crippen molar-refractivity contribution in [2.24, 2.45) is 0 Å². The van der Waals surface area contributed by atoms with Crippen LogP contribution in [0.5, 0.6) is 0 Å². The molecule has 0 spiro atoms. The van der Waals surface area contributed by atoms with Gasteiger partial charge in [0.2, 0.25) is 0 Å². The van der Waals surface area contributed by atoms with Gasteiger partial charge in [-0.3, -0.25) is 0 Å². The molecule has 1 fully saturated rings. The van der Waals surface area contributed by atoms with Crippen LogP contribution in [0, 0.1) is 0 Å². The number of ether oxygens (including phenoxy) is 1. The number of methoxy groups -OCH3 is 1. The van der Waals surface area contributed by atoms with Crippen LogP contribution in [-0.4, -0.2) is 31.2 Å². The quantitative estimate of drug-likeness (QED) is 0.682. The Morgan fingerprint density at radius 2 is 1.93 bits per heavy atom. The van der Waals surface area contributed by atoms with Gasteiger partial charge in [-0.05, 0) is 19.8 Å². The minimum Gasteiger partial charge on any atom is -0.467 e. The number of nitrogens with one attached hydrogen (secondary N) is 2. The van der Waals surface area contributed by atoms with Gasteiger partial charge in [-0.15, -0.1) is 0 Å². The molecule has 1 aliphatic carbocycles. The zero-order valence-electron chi connectivity index (χ0n) is 9.21. The molecule has 1 aliphatic rings.